The van der Waals surface area contributed by atoms with Crippen LogP contribution in [0.3, 0.4) is 0 Å². The zero-order chi connectivity index (χ0) is 23.7. The standard InChI is InChI=1S/C26H24O6S2/c27-33(28,29)24-14-13-23(18-9-3-4-10-19(18)24)32-34(30,31)25-15-22-16-7-1-5-11-20(16)26(25)21-12-6-2-8-17(21)22/h1-2,5-8,11-14,22,25-26H,3-4,9-10,15H2,(H,27,28,29)/p-1. The van der Waals surface area contributed by atoms with Gasteiger partial charge in [0.15, 0.2) is 0 Å². The Kier molecular flexibility index (Phi) is 4.92. The molecule has 7 rings (SSSR count). The predicted octanol–water partition coefficient (Wildman–Crippen LogP) is 4.23. The fourth-order valence-electron chi connectivity index (χ4n) is 6.17. The molecular weight excluding hydrogens is 472 g/mol. The molecule has 0 amide bonds. The zero-order valence-electron chi connectivity index (χ0n) is 18.3. The molecule has 8 heteroatoms. The van der Waals surface area contributed by atoms with E-state index >= 15 is 0 Å². The average molecular weight is 496 g/mol. The summed E-state index contributed by atoms with van der Waals surface area (Å²) in [5, 5.41) is -0.760. The van der Waals surface area contributed by atoms with Gasteiger partial charge in [0.1, 0.15) is 21.1 Å². The Hall–Kier alpha value is -2.68. The summed E-state index contributed by atoms with van der Waals surface area (Å²) in [5.74, 6) is -0.215. The summed E-state index contributed by atoms with van der Waals surface area (Å²) in [4.78, 5) is -0.272. The number of fused-ring (bicyclic) bond motifs is 2. The summed E-state index contributed by atoms with van der Waals surface area (Å²) >= 11 is 0. The van der Waals surface area contributed by atoms with Gasteiger partial charge < -0.3 is 8.74 Å². The molecule has 0 heterocycles. The molecular formula is C26H23O6S2-. The largest absolute Gasteiger partial charge is 0.744 e. The van der Waals surface area contributed by atoms with Crippen molar-refractivity contribution in [3.63, 3.8) is 0 Å². The number of hydrogen-bond acceptors (Lipinski definition) is 6. The van der Waals surface area contributed by atoms with Crippen LogP contribution in [0.2, 0.25) is 0 Å². The predicted molar refractivity (Wildman–Crippen MR) is 126 cm³/mol. The van der Waals surface area contributed by atoms with Gasteiger partial charge in [-0.2, -0.15) is 8.42 Å². The molecule has 2 bridgehead atoms. The second kappa shape index (κ2) is 7.66. The minimum absolute atomic E-state index is 0.0253. The normalized spacial score (nSPS) is 23.0. The first kappa shape index (κ1) is 21.8. The van der Waals surface area contributed by atoms with Gasteiger partial charge in [-0.15, -0.1) is 0 Å². The quantitative estimate of drug-likeness (QED) is 0.397. The van der Waals surface area contributed by atoms with Crippen LogP contribution < -0.4 is 4.18 Å². The van der Waals surface area contributed by atoms with Crippen LogP contribution in [0.15, 0.2) is 65.6 Å². The van der Waals surface area contributed by atoms with Crippen LogP contribution in [0, 0.1) is 0 Å². The maximum atomic E-state index is 13.7. The van der Waals surface area contributed by atoms with E-state index in [1.165, 1.54) is 23.3 Å². The van der Waals surface area contributed by atoms with E-state index in [-0.39, 0.29) is 22.5 Å². The third kappa shape index (κ3) is 3.31. The summed E-state index contributed by atoms with van der Waals surface area (Å²) in [6, 6.07) is 18.5. The average Bonchev–Trinajstić information content (AvgIpc) is 2.83. The number of benzene rings is 3. The highest BCUT2D eigenvalue weighted by atomic mass is 32.2. The molecule has 3 aromatic rings. The Labute approximate surface area is 199 Å². The third-order valence-electron chi connectivity index (χ3n) is 7.55. The van der Waals surface area contributed by atoms with Crippen LogP contribution in [0.25, 0.3) is 0 Å². The molecule has 0 saturated carbocycles. The van der Waals surface area contributed by atoms with Crippen molar-refractivity contribution in [1.82, 2.24) is 0 Å². The molecule has 3 aromatic carbocycles. The Bertz CT molecular complexity index is 1480. The van der Waals surface area contributed by atoms with Crippen LogP contribution >= 0.6 is 0 Å². The lowest BCUT2D eigenvalue weighted by atomic mass is 9.63. The van der Waals surface area contributed by atoms with Gasteiger partial charge >= 0.3 is 10.1 Å². The van der Waals surface area contributed by atoms with Crippen molar-refractivity contribution in [2.45, 2.75) is 54.1 Å². The first-order valence-corrected chi connectivity index (χ1v) is 14.4. The van der Waals surface area contributed by atoms with E-state index < -0.39 is 25.5 Å². The zero-order valence-corrected chi connectivity index (χ0v) is 19.9. The topological polar surface area (TPSA) is 101 Å². The van der Waals surface area contributed by atoms with E-state index in [2.05, 4.69) is 12.1 Å². The first-order valence-electron chi connectivity index (χ1n) is 11.5. The lowest BCUT2D eigenvalue weighted by molar-refractivity contribution is 0.427. The van der Waals surface area contributed by atoms with Gasteiger partial charge in [-0.25, -0.2) is 8.42 Å². The third-order valence-corrected chi connectivity index (χ3v) is 10.1. The molecule has 0 fully saturated rings. The molecule has 176 valence electrons. The molecule has 34 heavy (non-hydrogen) atoms. The van der Waals surface area contributed by atoms with Gasteiger partial charge in [-0.1, -0.05) is 48.5 Å². The van der Waals surface area contributed by atoms with Crippen LogP contribution in [0.1, 0.15) is 64.5 Å². The summed E-state index contributed by atoms with van der Waals surface area (Å²) in [7, 11) is -8.72. The van der Waals surface area contributed by atoms with Gasteiger partial charge in [0.25, 0.3) is 0 Å². The van der Waals surface area contributed by atoms with E-state index in [9.17, 15) is 21.4 Å². The summed E-state index contributed by atoms with van der Waals surface area (Å²) in [6.07, 6.45) is 2.84. The Morgan fingerprint density at radius 1 is 0.735 bits per heavy atom. The van der Waals surface area contributed by atoms with E-state index in [1.54, 1.807) is 0 Å². The van der Waals surface area contributed by atoms with Gasteiger partial charge in [0, 0.05) is 17.4 Å². The highest BCUT2D eigenvalue weighted by Crippen LogP contribution is 2.54. The molecule has 1 unspecified atom stereocenters. The monoisotopic (exact) mass is 495 g/mol. The Morgan fingerprint density at radius 3 is 1.88 bits per heavy atom. The molecule has 4 aliphatic rings. The van der Waals surface area contributed by atoms with Crippen molar-refractivity contribution in [2.24, 2.45) is 0 Å². The van der Waals surface area contributed by atoms with Gasteiger partial charge in [-0.05, 0) is 72.1 Å². The van der Waals surface area contributed by atoms with Crippen LogP contribution in [0.5, 0.6) is 5.75 Å². The molecule has 6 nitrogen and oxygen atoms in total. The minimum Gasteiger partial charge on any atom is -0.744 e. The van der Waals surface area contributed by atoms with Gasteiger partial charge in [0.2, 0.25) is 0 Å². The fourth-order valence-corrected chi connectivity index (χ4v) is 8.51. The first-order chi connectivity index (χ1) is 16.3. The summed E-state index contributed by atoms with van der Waals surface area (Å²) in [5.41, 5.74) is 5.29. The maximum Gasteiger partial charge on any atom is 0.313 e. The van der Waals surface area contributed by atoms with E-state index in [0.717, 1.165) is 24.0 Å². The molecule has 0 saturated heterocycles. The number of rotatable bonds is 4. The van der Waals surface area contributed by atoms with Crippen molar-refractivity contribution in [3.8, 4) is 5.75 Å². The molecule has 1 atom stereocenters. The summed E-state index contributed by atoms with van der Waals surface area (Å²) in [6.45, 7) is 0. The Balaban J connectivity index is 1.43. The fraction of sp³-hybridized carbons (Fsp3) is 0.308. The summed E-state index contributed by atoms with van der Waals surface area (Å²) < 4.78 is 68.5. The lowest BCUT2D eigenvalue weighted by Crippen LogP contribution is -2.42. The second-order valence-electron chi connectivity index (χ2n) is 9.32. The van der Waals surface area contributed by atoms with E-state index in [0.29, 0.717) is 30.4 Å². The lowest BCUT2D eigenvalue weighted by Gasteiger charge is -2.44. The number of hydrogen-bond donors (Lipinski definition) is 0. The van der Waals surface area contributed by atoms with Gasteiger partial charge in [-0.3, -0.25) is 0 Å². The van der Waals surface area contributed by atoms with Crippen LogP contribution in [-0.2, 0) is 33.1 Å². The van der Waals surface area contributed by atoms with Crippen molar-refractivity contribution in [1.29, 1.82) is 0 Å². The van der Waals surface area contributed by atoms with E-state index in [4.69, 9.17) is 4.18 Å². The smallest absolute Gasteiger partial charge is 0.313 e. The SMILES string of the molecule is O=S(=O)([O-])c1ccc(OS(=O)(=O)C2CC3c4ccccc4C2c2ccccc23)c2c1CCCC2. The minimum atomic E-state index is -4.65. The Morgan fingerprint density at radius 2 is 1.29 bits per heavy atom. The van der Waals surface area contributed by atoms with E-state index in [1.807, 2.05) is 36.4 Å². The maximum absolute atomic E-state index is 13.7. The second-order valence-corrected chi connectivity index (χ2v) is 12.4. The molecule has 4 aliphatic carbocycles. The van der Waals surface area contributed by atoms with Crippen LogP contribution in [-0.4, -0.2) is 26.6 Å². The molecule has 0 spiro atoms. The molecule has 0 N–H and O–H groups in total. The van der Waals surface area contributed by atoms with Gasteiger partial charge in [0.05, 0.1) is 4.90 Å². The highest BCUT2D eigenvalue weighted by Gasteiger charge is 2.49. The highest BCUT2D eigenvalue weighted by molar-refractivity contribution is 7.87. The molecule has 0 aromatic heterocycles. The van der Waals surface area contributed by atoms with Crippen molar-refractivity contribution < 1.29 is 25.6 Å². The van der Waals surface area contributed by atoms with Crippen molar-refractivity contribution >= 4 is 20.2 Å². The molecule has 0 radical (unpaired) electrons. The van der Waals surface area contributed by atoms with Crippen molar-refractivity contribution in [3.05, 3.63) is 94.0 Å². The van der Waals surface area contributed by atoms with Crippen molar-refractivity contribution in [2.75, 3.05) is 0 Å². The van der Waals surface area contributed by atoms with Crippen LogP contribution in [0.4, 0.5) is 0 Å². The molecule has 0 aliphatic heterocycles.